The Morgan fingerprint density at radius 3 is 1.14 bits per heavy atom. The topological polar surface area (TPSA) is 26.2 Å². The summed E-state index contributed by atoms with van der Waals surface area (Å²) >= 11 is 0. The van der Waals surface area contributed by atoms with Gasteiger partial charge < -0.3 is 28.1 Å². The first-order chi connectivity index (χ1) is 63.0. The van der Waals surface area contributed by atoms with Gasteiger partial charge in [0, 0.05) is 82.9 Å². The lowest BCUT2D eigenvalue weighted by molar-refractivity contribution is 0.590. The van der Waals surface area contributed by atoms with Crippen molar-refractivity contribution >= 4 is 144 Å². The van der Waals surface area contributed by atoms with Gasteiger partial charge in [0.1, 0.15) is 0 Å². The maximum absolute atomic E-state index is 9.92. The fraction of sp³-hybridized carbons (Fsp3) is 0.143. The number of para-hydroxylation sites is 5. The molecule has 0 saturated heterocycles. The summed E-state index contributed by atoms with van der Waals surface area (Å²) in [6.45, 7) is 26.5. The molecule has 2 aliphatic heterocycles. The molecule has 0 saturated carbocycles. The molecule has 7 heteroatoms. The zero-order valence-electron chi connectivity index (χ0n) is 81.7. The summed E-state index contributed by atoms with van der Waals surface area (Å²) in [4.78, 5) is 4.81. The number of fused-ring (bicyclic) bond motifs is 16. The molecule has 0 amide bonds. The number of hydrogen-bond donors (Lipinski definition) is 0. The number of rotatable bonds is 9. The van der Waals surface area contributed by atoms with Crippen LogP contribution in [0.15, 0.2) is 345 Å². The molecule has 0 radical (unpaired) electrons. The first kappa shape index (κ1) is 59.1. The lowest BCUT2D eigenvalue weighted by atomic mass is 9.33. The fourth-order valence-electron chi connectivity index (χ4n) is 19.1. The second-order valence-corrected chi connectivity index (χ2v) is 36.4. The summed E-state index contributed by atoms with van der Waals surface area (Å²) in [7, 11) is 0. The summed E-state index contributed by atoms with van der Waals surface area (Å²) in [6.07, 6.45) is 0. The molecule has 0 aliphatic carbocycles. The zero-order chi connectivity index (χ0) is 92.2. The number of benzene rings is 16. The lowest BCUT2D eigenvalue weighted by Gasteiger charge is -2.45. The molecule has 0 bridgehead atoms. The van der Waals surface area contributed by atoms with Crippen LogP contribution in [-0.4, -0.2) is 25.0 Å². The van der Waals surface area contributed by atoms with E-state index in [2.05, 4.69) is 307 Å². The van der Waals surface area contributed by atoms with Crippen LogP contribution in [0, 0.1) is 0 Å². The summed E-state index contributed by atoms with van der Waals surface area (Å²) in [5.74, 6) is 0. The Hall–Kier alpha value is -13.6. The van der Waals surface area contributed by atoms with Crippen LogP contribution in [0.5, 0.6) is 0 Å². The normalized spacial score (nSPS) is 14.7. The van der Waals surface area contributed by atoms with Crippen LogP contribution in [-0.2, 0) is 21.7 Å². The molecule has 2 aliphatic rings. The summed E-state index contributed by atoms with van der Waals surface area (Å²) in [6, 6.07) is 89.2. The van der Waals surface area contributed by atoms with Crippen LogP contribution in [0.2, 0.25) is 0 Å². The molecule has 4 aromatic heterocycles. The molecular weight excluding hydrogens is 1440 g/mol. The van der Waals surface area contributed by atoms with Crippen molar-refractivity contribution in [2.75, 3.05) is 9.80 Å². The van der Waals surface area contributed by atoms with Crippen molar-refractivity contribution in [1.82, 2.24) is 18.3 Å². The van der Waals surface area contributed by atoms with Gasteiger partial charge in [0.05, 0.1) is 79.0 Å². The molecule has 574 valence electrons. The number of anilines is 6. The van der Waals surface area contributed by atoms with Crippen molar-refractivity contribution in [1.29, 1.82) is 0 Å². The predicted molar refractivity (Wildman–Crippen MR) is 509 cm³/mol. The Labute approximate surface area is 715 Å². The number of aromatic nitrogens is 4. The summed E-state index contributed by atoms with van der Waals surface area (Å²) in [5.41, 5.74) is 23.7. The van der Waals surface area contributed by atoms with Gasteiger partial charge in [-0.15, -0.1) is 0 Å². The Balaban J connectivity index is 0.939. The predicted octanol–water partition coefficient (Wildman–Crippen LogP) is 28.3. The molecular formula is C112H93BN6. The van der Waals surface area contributed by atoms with E-state index >= 15 is 0 Å². The van der Waals surface area contributed by atoms with Crippen LogP contribution in [0.4, 0.5) is 34.1 Å². The molecule has 6 heterocycles. The molecule has 6 nitrogen and oxygen atoms in total. The SMILES string of the molecule is [2H]c1c([2H])c([2H])c(-c2ccc3c(c2)N(c2cccc4c5cccc(-n6c7c([2H])c([2H])c([2H])c([2H])c7c7c([2H])c([2H])c([2H])c([2H])c76)c5n(-c5ccccc5)c24)c2cc(-n4c5ccc(C(C)(C)C)cc5c5cc(C(C)(C)C)ccc54)cc4c2B3c2ccc(-n3c5ccc(C(C)(C)C)cc5c5cc(C(C)(C)C)ccc53)cc2N4c2cc(-c3ccccc3)cc(-c3ccccc3)c2)c([2H])c1[2H]. The number of hydrogen-bond acceptors (Lipinski definition) is 2. The summed E-state index contributed by atoms with van der Waals surface area (Å²) in [5, 5.41) is 5.75. The highest BCUT2D eigenvalue weighted by molar-refractivity contribution is 7.00. The largest absolute Gasteiger partial charge is 0.311 e. The van der Waals surface area contributed by atoms with Crippen molar-refractivity contribution in [3.05, 3.63) is 368 Å². The minimum absolute atomic E-state index is 0.0182. The maximum atomic E-state index is 9.92. The number of nitrogens with zero attached hydrogens (tertiary/aromatic N) is 6. The van der Waals surface area contributed by atoms with Gasteiger partial charge in [-0.2, -0.15) is 0 Å². The Morgan fingerprint density at radius 2 is 0.647 bits per heavy atom. The summed E-state index contributed by atoms with van der Waals surface area (Å²) < 4.78 is 132. The van der Waals surface area contributed by atoms with E-state index in [9.17, 15) is 13.7 Å². The Morgan fingerprint density at radius 1 is 0.227 bits per heavy atom. The quantitative estimate of drug-likeness (QED) is 0.135. The van der Waals surface area contributed by atoms with Crippen LogP contribution in [0.3, 0.4) is 0 Å². The monoisotopic (exact) mass is 1550 g/mol. The van der Waals surface area contributed by atoms with Crippen LogP contribution < -0.4 is 26.2 Å². The van der Waals surface area contributed by atoms with Crippen molar-refractivity contribution < 1.29 is 17.8 Å². The van der Waals surface area contributed by atoms with Crippen molar-refractivity contribution in [2.24, 2.45) is 0 Å². The van der Waals surface area contributed by atoms with Gasteiger partial charge >= 0.3 is 0 Å². The average Bonchev–Trinajstić information content (AvgIpc) is 1.24. The van der Waals surface area contributed by atoms with Gasteiger partial charge in [0.25, 0.3) is 6.71 Å². The lowest BCUT2D eigenvalue weighted by Crippen LogP contribution is -2.61. The molecule has 0 N–H and O–H groups in total. The minimum Gasteiger partial charge on any atom is -0.311 e. The van der Waals surface area contributed by atoms with E-state index in [1.165, 1.54) is 22.3 Å². The molecule has 0 atom stereocenters. The van der Waals surface area contributed by atoms with Crippen molar-refractivity contribution in [3.8, 4) is 56.1 Å². The van der Waals surface area contributed by atoms with E-state index in [4.69, 9.17) is 4.11 Å². The average molecular weight is 1550 g/mol. The Bertz CT molecular complexity index is 8120. The van der Waals surface area contributed by atoms with E-state index in [-0.39, 0.29) is 61.1 Å². The third-order valence-corrected chi connectivity index (χ3v) is 25.0. The van der Waals surface area contributed by atoms with Crippen LogP contribution in [0.25, 0.3) is 143 Å². The van der Waals surface area contributed by atoms with Gasteiger partial charge in [0.2, 0.25) is 0 Å². The fourth-order valence-corrected chi connectivity index (χ4v) is 19.1. The van der Waals surface area contributed by atoms with Crippen LogP contribution in [0.1, 0.15) is 123 Å². The minimum atomic E-state index is -0.625. The molecule has 0 spiro atoms. The van der Waals surface area contributed by atoms with E-state index < -0.39 is 73.2 Å². The standard InChI is InChI=1S/C112H93BN6/c1-109(2,3)76-48-55-96-88(63-76)89-64-77(110(4,5)6)49-56-97(89)114(96)81-52-54-93-103(67-81)116(82-60-74(71-33-19-14-20-34-71)59-75(61-82)72-35-21-15-22-36-72)104-68-83(115-98-57-50-78(111(7,8)9)65-90(98)91-66-79(112(10,11)12)51-58-99(91)115)69-105-106(104)113(93)92-53-47-73(70-31-17-13-18-32-70)62-102(92)119(105)101-46-30-42-87-86-41-29-45-100(107(86)117(108(87)101)80-37-23-16-24-38-80)118-94-43-27-25-39-84(94)85-40-26-28-44-95(85)118/h13-69H,1-12H3/i13D,17D,18D,25D,26D,27D,28D,31D,32D,39D,40D,43D,44D. The van der Waals surface area contributed by atoms with E-state index in [0.717, 1.165) is 122 Å². The second kappa shape index (κ2) is 26.4. The van der Waals surface area contributed by atoms with Gasteiger partial charge in [-0.25, -0.2) is 0 Å². The highest BCUT2D eigenvalue weighted by atomic mass is 15.2. The first-order valence-electron chi connectivity index (χ1n) is 47.7. The smallest absolute Gasteiger partial charge is 0.252 e. The van der Waals surface area contributed by atoms with Gasteiger partial charge in [-0.3, -0.25) is 0 Å². The zero-order valence-corrected chi connectivity index (χ0v) is 68.7. The van der Waals surface area contributed by atoms with Gasteiger partial charge in [0.15, 0.2) is 0 Å². The maximum Gasteiger partial charge on any atom is 0.252 e. The second-order valence-electron chi connectivity index (χ2n) is 36.4. The third kappa shape index (κ3) is 11.4. The van der Waals surface area contributed by atoms with E-state index in [1.54, 1.807) is 4.57 Å². The molecule has 22 rings (SSSR count). The van der Waals surface area contributed by atoms with E-state index in [1.807, 2.05) is 66.7 Å². The first-order valence-corrected chi connectivity index (χ1v) is 41.2. The van der Waals surface area contributed by atoms with Crippen molar-refractivity contribution in [2.45, 2.75) is 105 Å². The van der Waals surface area contributed by atoms with Crippen LogP contribution >= 0.6 is 0 Å². The molecule has 16 aromatic carbocycles. The van der Waals surface area contributed by atoms with Gasteiger partial charge in [-0.1, -0.05) is 295 Å². The highest BCUT2D eigenvalue weighted by Crippen LogP contribution is 2.53. The molecule has 0 unspecified atom stereocenters. The Kier molecular flexibility index (Phi) is 13.1. The van der Waals surface area contributed by atoms with E-state index in [0.29, 0.717) is 44.7 Å². The van der Waals surface area contributed by atoms with Gasteiger partial charge in [-0.05, 0) is 227 Å². The molecule has 0 fully saturated rings. The highest BCUT2D eigenvalue weighted by Gasteiger charge is 2.46. The third-order valence-electron chi connectivity index (χ3n) is 25.0. The molecule has 20 aromatic rings. The molecule has 119 heavy (non-hydrogen) atoms. The van der Waals surface area contributed by atoms with Crippen molar-refractivity contribution in [3.63, 3.8) is 0 Å².